The number of rotatable bonds is 4. The zero-order valence-electron chi connectivity index (χ0n) is 10.9. The lowest BCUT2D eigenvalue weighted by Crippen LogP contribution is -2.51. The van der Waals surface area contributed by atoms with Crippen molar-refractivity contribution in [2.24, 2.45) is 0 Å². The van der Waals surface area contributed by atoms with Gasteiger partial charge in [-0.05, 0) is 23.8 Å². The summed E-state index contributed by atoms with van der Waals surface area (Å²) in [4.78, 5) is 44.5. The summed E-state index contributed by atoms with van der Waals surface area (Å²) in [5.41, 5.74) is 0.150. The molecule has 1 aromatic carbocycles. The van der Waals surface area contributed by atoms with Gasteiger partial charge in [-0.3, -0.25) is 20.2 Å². The molecule has 8 nitrogen and oxygen atoms in total. The summed E-state index contributed by atoms with van der Waals surface area (Å²) in [6.07, 6.45) is 1.24. The average Bonchev–Trinajstić information content (AvgIpc) is 2.41. The van der Waals surface area contributed by atoms with Crippen molar-refractivity contribution in [3.8, 4) is 5.75 Å². The molecule has 1 aliphatic heterocycles. The molecule has 1 saturated heterocycles. The van der Waals surface area contributed by atoms with E-state index in [0.29, 0.717) is 5.56 Å². The van der Waals surface area contributed by atoms with Gasteiger partial charge in [-0.15, -0.1) is 0 Å². The van der Waals surface area contributed by atoms with Gasteiger partial charge in [-0.1, -0.05) is 17.7 Å². The molecule has 4 amide bonds. The molecule has 2 rings (SSSR count). The number of imide groups is 2. The number of carboxylic acids is 1. The van der Waals surface area contributed by atoms with Crippen LogP contribution in [0.15, 0.2) is 23.8 Å². The molecule has 1 fully saturated rings. The number of benzene rings is 1. The van der Waals surface area contributed by atoms with Crippen LogP contribution in [0.3, 0.4) is 0 Å². The van der Waals surface area contributed by atoms with Gasteiger partial charge in [0.15, 0.2) is 6.61 Å². The highest BCUT2D eigenvalue weighted by Gasteiger charge is 2.27. The van der Waals surface area contributed by atoms with Crippen LogP contribution < -0.4 is 15.4 Å². The topological polar surface area (TPSA) is 122 Å². The summed E-state index contributed by atoms with van der Waals surface area (Å²) >= 11 is 5.92. The summed E-state index contributed by atoms with van der Waals surface area (Å²) in [5.74, 6) is -2.64. The van der Waals surface area contributed by atoms with Gasteiger partial charge in [-0.25, -0.2) is 9.59 Å². The first kappa shape index (κ1) is 15.5. The van der Waals surface area contributed by atoms with Crippen LogP contribution in [-0.4, -0.2) is 35.5 Å². The second kappa shape index (κ2) is 6.27. The van der Waals surface area contributed by atoms with E-state index >= 15 is 0 Å². The summed E-state index contributed by atoms with van der Waals surface area (Å²) in [5, 5.41) is 12.5. The van der Waals surface area contributed by atoms with Crippen LogP contribution in [0.5, 0.6) is 5.75 Å². The first-order chi connectivity index (χ1) is 10.4. The minimum Gasteiger partial charge on any atom is -0.480 e. The van der Waals surface area contributed by atoms with E-state index in [9.17, 15) is 19.2 Å². The molecule has 1 aromatic rings. The van der Waals surface area contributed by atoms with E-state index in [2.05, 4.69) is 0 Å². The number of hydrogen-bond donors (Lipinski definition) is 3. The molecule has 22 heavy (non-hydrogen) atoms. The lowest BCUT2D eigenvalue weighted by Gasteiger charge is -2.14. The number of halogens is 1. The van der Waals surface area contributed by atoms with Crippen molar-refractivity contribution in [2.45, 2.75) is 0 Å². The fraction of sp³-hybridized carbons (Fsp3) is 0.0769. The third-order valence-electron chi connectivity index (χ3n) is 2.56. The van der Waals surface area contributed by atoms with Crippen LogP contribution in [0.4, 0.5) is 4.79 Å². The first-order valence-corrected chi connectivity index (χ1v) is 6.27. The number of aliphatic carboxylic acids is 1. The van der Waals surface area contributed by atoms with E-state index in [4.69, 9.17) is 21.4 Å². The number of barbiturate groups is 1. The Morgan fingerprint density at radius 1 is 1.23 bits per heavy atom. The fourth-order valence-electron chi connectivity index (χ4n) is 1.64. The number of nitrogens with one attached hydrogen (secondary N) is 2. The molecule has 0 saturated carbocycles. The van der Waals surface area contributed by atoms with Crippen LogP contribution in [0.2, 0.25) is 5.02 Å². The monoisotopic (exact) mass is 324 g/mol. The third kappa shape index (κ3) is 3.61. The maximum absolute atomic E-state index is 11.6. The van der Waals surface area contributed by atoms with Gasteiger partial charge in [0.25, 0.3) is 11.8 Å². The lowest BCUT2D eigenvalue weighted by molar-refractivity contribution is -0.139. The molecule has 0 atom stereocenters. The van der Waals surface area contributed by atoms with E-state index in [1.807, 2.05) is 10.6 Å². The molecule has 0 radical (unpaired) electrons. The maximum Gasteiger partial charge on any atom is 0.341 e. The smallest absolute Gasteiger partial charge is 0.341 e. The number of hydrogen-bond acceptors (Lipinski definition) is 5. The van der Waals surface area contributed by atoms with Crippen LogP contribution in [0, 0.1) is 0 Å². The highest BCUT2D eigenvalue weighted by molar-refractivity contribution is 6.33. The SMILES string of the molecule is O=C(O)COc1ccc(C=C2C(=O)NC(=O)NC2=O)cc1Cl. The van der Waals surface area contributed by atoms with Gasteiger partial charge in [0.1, 0.15) is 11.3 Å². The van der Waals surface area contributed by atoms with E-state index < -0.39 is 30.4 Å². The highest BCUT2D eigenvalue weighted by Crippen LogP contribution is 2.26. The Labute approximate surface area is 128 Å². The van der Waals surface area contributed by atoms with Crippen molar-refractivity contribution in [1.29, 1.82) is 0 Å². The molecule has 0 aliphatic carbocycles. The first-order valence-electron chi connectivity index (χ1n) is 5.89. The van der Waals surface area contributed by atoms with Gasteiger partial charge in [0, 0.05) is 0 Å². The van der Waals surface area contributed by atoms with Crippen molar-refractivity contribution in [1.82, 2.24) is 10.6 Å². The second-order valence-electron chi connectivity index (χ2n) is 4.17. The summed E-state index contributed by atoms with van der Waals surface area (Å²) in [6.45, 7) is -0.549. The van der Waals surface area contributed by atoms with Gasteiger partial charge < -0.3 is 9.84 Å². The van der Waals surface area contributed by atoms with Crippen LogP contribution in [0.1, 0.15) is 5.56 Å². The number of urea groups is 1. The molecule has 3 N–H and O–H groups in total. The number of carbonyl (C=O) groups excluding carboxylic acids is 3. The Kier molecular flexibility index (Phi) is 4.42. The predicted octanol–water partition coefficient (Wildman–Crippen LogP) is 0.553. The van der Waals surface area contributed by atoms with Gasteiger partial charge in [-0.2, -0.15) is 0 Å². The van der Waals surface area contributed by atoms with Crippen molar-refractivity contribution >= 4 is 41.5 Å². The van der Waals surface area contributed by atoms with Crippen molar-refractivity contribution in [2.75, 3.05) is 6.61 Å². The summed E-state index contributed by atoms with van der Waals surface area (Å²) < 4.78 is 4.94. The van der Waals surface area contributed by atoms with Gasteiger partial charge >= 0.3 is 12.0 Å². The van der Waals surface area contributed by atoms with Crippen molar-refractivity contribution in [3.63, 3.8) is 0 Å². The van der Waals surface area contributed by atoms with Gasteiger partial charge in [0.2, 0.25) is 0 Å². The third-order valence-corrected chi connectivity index (χ3v) is 2.86. The largest absolute Gasteiger partial charge is 0.480 e. The fourth-order valence-corrected chi connectivity index (χ4v) is 1.88. The molecule has 9 heteroatoms. The van der Waals surface area contributed by atoms with Crippen LogP contribution >= 0.6 is 11.6 Å². The van der Waals surface area contributed by atoms with Crippen molar-refractivity contribution < 1.29 is 29.0 Å². The number of ether oxygens (including phenoxy) is 1. The van der Waals surface area contributed by atoms with E-state index in [-0.39, 0.29) is 16.3 Å². The van der Waals surface area contributed by atoms with E-state index in [0.717, 1.165) is 0 Å². The standard InChI is InChI=1S/C13H9ClN2O6/c14-8-4-6(1-2-9(8)22-5-10(17)18)3-7-11(19)15-13(21)16-12(7)20/h1-4H,5H2,(H,17,18)(H2,15,16,19,20,21). The number of amides is 4. The quantitative estimate of drug-likeness (QED) is 0.549. The van der Waals surface area contributed by atoms with Crippen molar-refractivity contribution in [3.05, 3.63) is 34.4 Å². The van der Waals surface area contributed by atoms with E-state index in [1.54, 1.807) is 0 Å². The van der Waals surface area contributed by atoms with Gasteiger partial charge in [0.05, 0.1) is 5.02 Å². The molecule has 0 spiro atoms. The molecule has 0 unspecified atom stereocenters. The molecular formula is C13H9ClN2O6. The lowest BCUT2D eigenvalue weighted by atomic mass is 10.1. The zero-order valence-corrected chi connectivity index (χ0v) is 11.6. The predicted molar refractivity (Wildman–Crippen MR) is 74.2 cm³/mol. The minimum atomic E-state index is -1.15. The Morgan fingerprint density at radius 3 is 2.41 bits per heavy atom. The molecule has 1 heterocycles. The maximum atomic E-state index is 11.6. The van der Waals surface area contributed by atoms with Crippen LogP contribution in [-0.2, 0) is 14.4 Å². The Hall–Kier alpha value is -2.87. The normalized spacial score (nSPS) is 14.2. The van der Waals surface area contributed by atoms with E-state index in [1.165, 1.54) is 24.3 Å². The average molecular weight is 325 g/mol. The summed E-state index contributed by atoms with van der Waals surface area (Å²) in [6, 6.07) is 3.39. The highest BCUT2D eigenvalue weighted by atomic mass is 35.5. The Bertz CT molecular complexity index is 690. The minimum absolute atomic E-state index is 0.114. The Morgan fingerprint density at radius 2 is 1.86 bits per heavy atom. The summed E-state index contributed by atoms with van der Waals surface area (Å²) in [7, 11) is 0. The number of carbonyl (C=O) groups is 4. The molecular weight excluding hydrogens is 316 g/mol. The Balaban J connectivity index is 2.23. The zero-order chi connectivity index (χ0) is 16.3. The molecule has 0 bridgehead atoms. The second-order valence-corrected chi connectivity index (χ2v) is 4.57. The van der Waals surface area contributed by atoms with Crippen LogP contribution in [0.25, 0.3) is 6.08 Å². The number of carboxylic acid groups (broad SMARTS) is 1. The molecule has 114 valence electrons. The molecule has 0 aromatic heterocycles. The molecule has 1 aliphatic rings.